The maximum absolute atomic E-state index is 6.26. The van der Waals surface area contributed by atoms with Crippen molar-refractivity contribution < 1.29 is 0 Å². The molecule has 0 spiro atoms. The van der Waals surface area contributed by atoms with E-state index >= 15 is 0 Å². The smallest absolute Gasteiger partial charge is 0.117 e. The fourth-order valence-corrected chi connectivity index (χ4v) is 3.77. The lowest BCUT2D eigenvalue weighted by Gasteiger charge is -2.32. The van der Waals surface area contributed by atoms with Crippen molar-refractivity contribution in [3.8, 4) is 0 Å². The minimum atomic E-state index is 0.0415. The summed E-state index contributed by atoms with van der Waals surface area (Å²) in [6.07, 6.45) is 11.2. The maximum atomic E-state index is 6.26. The first-order valence-corrected chi connectivity index (χ1v) is 8.20. The van der Waals surface area contributed by atoms with Crippen molar-refractivity contribution in [2.24, 2.45) is 5.73 Å². The molecule has 2 aromatic heterocycles. The van der Waals surface area contributed by atoms with Crippen LogP contribution in [0.2, 0.25) is 0 Å². The number of hydrogen-bond donors (Lipinski definition) is 1. The average Bonchev–Trinajstić information content (AvgIpc) is 2.72. The molecule has 2 aromatic rings. The Bertz CT molecular complexity index is 606. The Morgan fingerprint density at radius 1 is 1.24 bits per heavy atom. The molecular weight excluding hydrogens is 260 g/mol. The second kappa shape index (κ2) is 5.76. The molecule has 1 fully saturated rings. The molecule has 114 valence electrons. The van der Waals surface area contributed by atoms with Crippen molar-refractivity contribution in [3.05, 3.63) is 24.3 Å². The minimum absolute atomic E-state index is 0.0415. The largest absolute Gasteiger partial charge is 0.329 e. The van der Waals surface area contributed by atoms with Gasteiger partial charge in [-0.05, 0) is 32.8 Å². The van der Waals surface area contributed by atoms with Crippen LogP contribution in [0.5, 0.6) is 0 Å². The maximum Gasteiger partial charge on any atom is 0.117 e. The second-order valence-electron chi connectivity index (χ2n) is 6.66. The van der Waals surface area contributed by atoms with Crippen molar-refractivity contribution in [1.82, 2.24) is 14.5 Å². The highest BCUT2D eigenvalue weighted by atomic mass is 15.1. The summed E-state index contributed by atoms with van der Waals surface area (Å²) in [5, 5.41) is 0. The normalized spacial score (nSPS) is 19.0. The van der Waals surface area contributed by atoms with Gasteiger partial charge < -0.3 is 10.3 Å². The molecule has 2 heterocycles. The summed E-state index contributed by atoms with van der Waals surface area (Å²) in [7, 11) is 0. The molecule has 0 aliphatic heterocycles. The molecule has 4 heteroatoms. The molecule has 3 rings (SSSR count). The summed E-state index contributed by atoms with van der Waals surface area (Å²) in [5.74, 6) is 1.19. The predicted octanol–water partition coefficient (Wildman–Crippen LogP) is 3.56. The molecule has 4 nitrogen and oxygen atoms in total. The molecule has 21 heavy (non-hydrogen) atoms. The van der Waals surface area contributed by atoms with E-state index in [9.17, 15) is 0 Å². The Morgan fingerprint density at radius 2 is 1.95 bits per heavy atom. The minimum Gasteiger partial charge on any atom is -0.329 e. The van der Waals surface area contributed by atoms with Crippen LogP contribution >= 0.6 is 0 Å². The Morgan fingerprint density at radius 3 is 2.57 bits per heavy atom. The first kappa shape index (κ1) is 14.5. The van der Waals surface area contributed by atoms with E-state index in [-0.39, 0.29) is 5.41 Å². The van der Waals surface area contributed by atoms with Crippen LogP contribution in [-0.2, 0) is 5.41 Å². The third-order valence-electron chi connectivity index (χ3n) is 4.93. The molecule has 2 N–H and O–H groups in total. The molecule has 0 amide bonds. The van der Waals surface area contributed by atoms with Crippen molar-refractivity contribution >= 4 is 11.0 Å². The van der Waals surface area contributed by atoms with Crippen LogP contribution in [0.15, 0.2) is 18.5 Å². The van der Waals surface area contributed by atoms with E-state index in [1.807, 2.05) is 12.4 Å². The summed E-state index contributed by atoms with van der Waals surface area (Å²) in [6.45, 7) is 5.15. The first-order valence-electron chi connectivity index (χ1n) is 8.20. The van der Waals surface area contributed by atoms with Crippen molar-refractivity contribution in [2.45, 2.75) is 63.8 Å². The number of hydrogen-bond acceptors (Lipinski definition) is 3. The predicted molar refractivity (Wildman–Crippen MR) is 86.3 cm³/mol. The van der Waals surface area contributed by atoms with Gasteiger partial charge in [-0.1, -0.05) is 25.7 Å². The Balaban J connectivity index is 2.19. The highest BCUT2D eigenvalue weighted by Gasteiger charge is 2.36. The van der Waals surface area contributed by atoms with Gasteiger partial charge in [-0.2, -0.15) is 0 Å². The molecule has 0 saturated heterocycles. The number of nitrogens with zero attached hydrogens (tertiary/aromatic N) is 3. The van der Waals surface area contributed by atoms with Gasteiger partial charge in [0.05, 0.1) is 11.7 Å². The fraction of sp³-hybridized carbons (Fsp3) is 0.647. The van der Waals surface area contributed by atoms with Crippen LogP contribution in [0.3, 0.4) is 0 Å². The molecule has 0 aromatic carbocycles. The van der Waals surface area contributed by atoms with Gasteiger partial charge in [0.15, 0.2) is 0 Å². The Hall–Kier alpha value is -1.42. The standard InChI is InChI=1S/C17H26N4/c1-13(2)21-15-7-10-19-11-14(15)20-16(21)17(12-18)8-5-3-4-6-9-17/h7,10-11,13H,3-6,8-9,12,18H2,1-2H3. The summed E-state index contributed by atoms with van der Waals surface area (Å²) in [4.78, 5) is 9.19. The van der Waals surface area contributed by atoms with E-state index in [0.29, 0.717) is 12.6 Å². The molecule has 0 unspecified atom stereocenters. The van der Waals surface area contributed by atoms with Gasteiger partial charge in [-0.3, -0.25) is 4.98 Å². The molecule has 1 aliphatic carbocycles. The number of nitrogens with two attached hydrogens (primary N) is 1. The molecule has 0 bridgehead atoms. The molecule has 1 aliphatic rings. The first-order chi connectivity index (χ1) is 10.2. The quantitative estimate of drug-likeness (QED) is 0.878. The van der Waals surface area contributed by atoms with Gasteiger partial charge in [0.2, 0.25) is 0 Å². The van der Waals surface area contributed by atoms with Gasteiger partial charge in [-0.25, -0.2) is 4.98 Å². The SMILES string of the molecule is CC(C)n1c(C2(CN)CCCCCC2)nc2cnccc21. The third kappa shape index (κ3) is 2.46. The van der Waals surface area contributed by atoms with Crippen molar-refractivity contribution in [2.75, 3.05) is 6.54 Å². The number of fused-ring (bicyclic) bond motifs is 1. The van der Waals surface area contributed by atoms with Crippen LogP contribution in [0, 0.1) is 0 Å². The number of pyridine rings is 1. The Labute approximate surface area is 126 Å². The lowest BCUT2D eigenvalue weighted by atomic mass is 9.79. The monoisotopic (exact) mass is 286 g/mol. The van der Waals surface area contributed by atoms with Crippen LogP contribution < -0.4 is 5.73 Å². The number of aromatic nitrogens is 3. The molecular formula is C17H26N4. The van der Waals surface area contributed by atoms with Crippen LogP contribution in [0.1, 0.15) is 64.2 Å². The Kier molecular flexibility index (Phi) is 3.98. The number of imidazole rings is 1. The van der Waals surface area contributed by atoms with E-state index in [2.05, 4.69) is 29.5 Å². The molecule has 0 atom stereocenters. The summed E-state index contributed by atoms with van der Waals surface area (Å²) >= 11 is 0. The zero-order valence-electron chi connectivity index (χ0n) is 13.2. The van der Waals surface area contributed by atoms with Crippen molar-refractivity contribution in [3.63, 3.8) is 0 Å². The van der Waals surface area contributed by atoms with Crippen LogP contribution in [0.4, 0.5) is 0 Å². The van der Waals surface area contributed by atoms with Gasteiger partial charge >= 0.3 is 0 Å². The zero-order valence-corrected chi connectivity index (χ0v) is 13.2. The average molecular weight is 286 g/mol. The van der Waals surface area contributed by atoms with E-state index in [1.165, 1.54) is 37.0 Å². The van der Waals surface area contributed by atoms with E-state index in [4.69, 9.17) is 10.7 Å². The lowest BCUT2D eigenvalue weighted by molar-refractivity contribution is 0.339. The van der Waals surface area contributed by atoms with Gasteiger partial charge in [-0.15, -0.1) is 0 Å². The summed E-state index contributed by atoms with van der Waals surface area (Å²) in [6, 6.07) is 2.46. The van der Waals surface area contributed by atoms with Gasteiger partial charge in [0.25, 0.3) is 0 Å². The fourth-order valence-electron chi connectivity index (χ4n) is 3.77. The summed E-state index contributed by atoms with van der Waals surface area (Å²) in [5.41, 5.74) is 8.49. The van der Waals surface area contributed by atoms with E-state index in [0.717, 1.165) is 18.4 Å². The van der Waals surface area contributed by atoms with Crippen LogP contribution in [-0.4, -0.2) is 21.1 Å². The van der Waals surface area contributed by atoms with E-state index in [1.54, 1.807) is 0 Å². The zero-order chi connectivity index (χ0) is 14.9. The van der Waals surface area contributed by atoms with Crippen LogP contribution in [0.25, 0.3) is 11.0 Å². The molecule has 1 saturated carbocycles. The lowest BCUT2D eigenvalue weighted by Crippen LogP contribution is -2.38. The highest BCUT2D eigenvalue weighted by Crippen LogP contribution is 2.39. The topological polar surface area (TPSA) is 56.7 Å². The van der Waals surface area contributed by atoms with Gasteiger partial charge in [0, 0.05) is 24.2 Å². The third-order valence-corrected chi connectivity index (χ3v) is 4.93. The highest BCUT2D eigenvalue weighted by molar-refractivity contribution is 5.75. The second-order valence-corrected chi connectivity index (χ2v) is 6.66. The van der Waals surface area contributed by atoms with Gasteiger partial charge in [0.1, 0.15) is 11.3 Å². The molecule has 0 radical (unpaired) electrons. The number of rotatable bonds is 3. The van der Waals surface area contributed by atoms with Crippen molar-refractivity contribution in [1.29, 1.82) is 0 Å². The van der Waals surface area contributed by atoms with E-state index < -0.39 is 0 Å². The summed E-state index contributed by atoms with van der Waals surface area (Å²) < 4.78 is 2.38.